The number of para-hydroxylation sites is 1. The van der Waals surface area contributed by atoms with Crippen molar-refractivity contribution < 1.29 is 0 Å². The number of rotatable bonds is 3. The van der Waals surface area contributed by atoms with Crippen molar-refractivity contribution >= 4 is 50.3 Å². The van der Waals surface area contributed by atoms with E-state index in [2.05, 4.69) is 83.9 Å². The van der Waals surface area contributed by atoms with Gasteiger partial charge in [0.05, 0.1) is 11.4 Å². The first-order chi connectivity index (χ1) is 21.6. The highest BCUT2D eigenvalue weighted by molar-refractivity contribution is 6.50. The molecule has 44 heavy (non-hydrogen) atoms. The number of H-pyrrole nitrogens is 1. The Morgan fingerprint density at radius 2 is 1.34 bits per heavy atom. The second-order valence-electron chi connectivity index (χ2n) is 11.1. The second-order valence-corrected chi connectivity index (χ2v) is 11.1. The Kier molecular flexibility index (Phi) is 7.09. The molecule has 0 aliphatic heterocycles. The molecule has 0 unspecified atom stereocenters. The maximum atomic E-state index is 8.22. The molecule has 0 amide bonds. The van der Waals surface area contributed by atoms with Crippen molar-refractivity contribution in [1.29, 1.82) is 10.8 Å². The molecule has 0 saturated carbocycles. The van der Waals surface area contributed by atoms with E-state index in [1.807, 2.05) is 54.9 Å². The van der Waals surface area contributed by atoms with Gasteiger partial charge in [-0.25, -0.2) is 0 Å². The normalized spacial score (nSPS) is 13.9. The molecule has 5 aromatic carbocycles. The first-order valence-corrected chi connectivity index (χ1v) is 14.9. The van der Waals surface area contributed by atoms with Gasteiger partial charge in [0.1, 0.15) is 0 Å². The minimum absolute atomic E-state index is 0.259. The number of nitrogens with one attached hydrogen (secondary N) is 3. The van der Waals surface area contributed by atoms with Crippen molar-refractivity contribution in [3.63, 3.8) is 0 Å². The van der Waals surface area contributed by atoms with Gasteiger partial charge in [0, 0.05) is 29.2 Å². The molecule has 0 atom stereocenters. The fourth-order valence-electron chi connectivity index (χ4n) is 6.40. The predicted octanol–water partition coefficient (Wildman–Crippen LogP) is 9.88. The molecule has 4 nitrogen and oxygen atoms in total. The van der Waals surface area contributed by atoms with Crippen LogP contribution in [-0.2, 0) is 6.42 Å². The molecule has 1 aromatic heterocycles. The minimum Gasteiger partial charge on any atom is -0.398 e. The van der Waals surface area contributed by atoms with E-state index in [0.717, 1.165) is 35.2 Å². The van der Waals surface area contributed by atoms with Crippen LogP contribution in [0.25, 0.3) is 55.4 Å². The Morgan fingerprint density at radius 1 is 0.636 bits per heavy atom. The lowest BCUT2D eigenvalue weighted by Gasteiger charge is -2.25. The summed E-state index contributed by atoms with van der Waals surface area (Å²) in [4.78, 5) is 3.00. The third-order valence-corrected chi connectivity index (χ3v) is 8.44. The summed E-state index contributed by atoms with van der Waals surface area (Å²) in [6.45, 7) is 0. The summed E-state index contributed by atoms with van der Waals surface area (Å²) in [5.74, 6) is 0. The van der Waals surface area contributed by atoms with Gasteiger partial charge in [-0.3, -0.25) is 10.8 Å². The number of hydrogen-bond donors (Lipinski definition) is 4. The van der Waals surface area contributed by atoms with Crippen molar-refractivity contribution in [3.05, 3.63) is 150 Å². The quantitative estimate of drug-likeness (QED) is 0.124. The van der Waals surface area contributed by atoms with Crippen molar-refractivity contribution in [2.45, 2.75) is 12.8 Å². The van der Waals surface area contributed by atoms with Crippen molar-refractivity contribution in [2.24, 2.45) is 0 Å². The van der Waals surface area contributed by atoms with Crippen molar-refractivity contribution in [1.82, 2.24) is 4.98 Å². The van der Waals surface area contributed by atoms with E-state index in [9.17, 15) is 0 Å². The molecule has 0 fully saturated rings. The minimum atomic E-state index is 0.259. The molecule has 8 rings (SSSR count). The van der Waals surface area contributed by atoms with Gasteiger partial charge in [-0.1, -0.05) is 103 Å². The van der Waals surface area contributed by atoms with Gasteiger partial charge in [-0.15, -0.1) is 0 Å². The van der Waals surface area contributed by atoms with Crippen molar-refractivity contribution in [2.75, 3.05) is 5.73 Å². The zero-order valence-corrected chi connectivity index (χ0v) is 24.3. The maximum Gasteiger partial charge on any atom is 0.0795 e. The maximum absolute atomic E-state index is 8.22. The van der Waals surface area contributed by atoms with Gasteiger partial charge in [0.25, 0.3) is 0 Å². The summed E-state index contributed by atoms with van der Waals surface area (Å²) < 4.78 is 0. The summed E-state index contributed by atoms with van der Waals surface area (Å²) in [6, 6.07) is 33.7. The van der Waals surface area contributed by atoms with Gasteiger partial charge in [0.2, 0.25) is 0 Å². The van der Waals surface area contributed by atoms with E-state index in [4.69, 9.17) is 16.6 Å². The zero-order chi connectivity index (χ0) is 30.0. The molecule has 4 heteroatoms. The number of allylic oxidation sites excluding steroid dienone is 5. The van der Waals surface area contributed by atoms with Gasteiger partial charge in [0.15, 0.2) is 0 Å². The number of nitrogens with two attached hydrogens (primary N) is 1. The van der Waals surface area contributed by atoms with Crippen LogP contribution in [0.5, 0.6) is 0 Å². The van der Waals surface area contributed by atoms with Crippen LogP contribution in [0.2, 0.25) is 0 Å². The predicted molar refractivity (Wildman–Crippen MR) is 187 cm³/mol. The standard InChI is InChI=1S/C30H22N2.C10H10N2/c31-27-17-16-20(18-28(27)32)29-23-11-3-5-13-25(23)30(26-14-6-4-12-24(26)29)22-15-7-9-19-8-1-2-10-21(19)22;11-10-4-2-1-3-9(10)8-5-6-12-7-8/h1-5,7-13,15-18,31-32H,6,14H2;1-7,12H,11H2. The molecule has 0 radical (unpaired) electrons. The highest BCUT2D eigenvalue weighted by Gasteiger charge is 2.23. The Bertz CT molecular complexity index is 2150. The molecule has 6 aromatic rings. The molecule has 0 bridgehead atoms. The van der Waals surface area contributed by atoms with Crippen molar-refractivity contribution in [3.8, 4) is 22.3 Å². The lowest BCUT2D eigenvalue weighted by Crippen LogP contribution is -2.11. The van der Waals surface area contributed by atoms with Crippen LogP contribution in [0.3, 0.4) is 0 Å². The van der Waals surface area contributed by atoms with E-state index in [-0.39, 0.29) is 11.4 Å². The molecular formula is C40H32N4. The van der Waals surface area contributed by atoms with Crippen LogP contribution in [0.4, 0.5) is 5.69 Å². The summed E-state index contributed by atoms with van der Waals surface area (Å²) >= 11 is 0. The topological polar surface area (TPSA) is 89.5 Å². The summed E-state index contributed by atoms with van der Waals surface area (Å²) in [5.41, 5.74) is 16.8. The third kappa shape index (κ3) is 4.87. The van der Waals surface area contributed by atoms with Gasteiger partial charge < -0.3 is 10.7 Å². The van der Waals surface area contributed by atoms with Crippen LogP contribution in [0.15, 0.2) is 134 Å². The lowest BCUT2D eigenvalue weighted by atomic mass is 9.78. The van der Waals surface area contributed by atoms with Gasteiger partial charge in [-0.05, 0) is 92.1 Å². The van der Waals surface area contributed by atoms with Gasteiger partial charge in [-0.2, -0.15) is 0 Å². The molecule has 1 heterocycles. The number of hydrogen-bond acceptors (Lipinski definition) is 3. The molecule has 5 N–H and O–H groups in total. The summed E-state index contributed by atoms with van der Waals surface area (Å²) in [6.07, 6.45) is 15.9. The van der Waals surface area contributed by atoms with Crippen LogP contribution in [-0.4, -0.2) is 16.4 Å². The number of nitrogen functional groups attached to an aromatic ring is 1. The van der Waals surface area contributed by atoms with E-state index in [1.54, 1.807) is 6.08 Å². The van der Waals surface area contributed by atoms with E-state index >= 15 is 0 Å². The smallest absolute Gasteiger partial charge is 0.0795 e. The number of aromatic amines is 1. The molecule has 0 saturated heterocycles. The van der Waals surface area contributed by atoms with E-state index in [1.165, 1.54) is 49.4 Å². The third-order valence-electron chi connectivity index (χ3n) is 8.44. The number of anilines is 1. The van der Waals surface area contributed by atoms with Crippen LogP contribution in [0.1, 0.15) is 23.1 Å². The van der Waals surface area contributed by atoms with E-state index in [0.29, 0.717) is 0 Å². The average molecular weight is 569 g/mol. The molecular weight excluding hydrogens is 536 g/mol. The van der Waals surface area contributed by atoms with Crippen LogP contribution < -0.4 is 5.73 Å². The van der Waals surface area contributed by atoms with Crippen LogP contribution in [0, 0.1) is 10.8 Å². The average Bonchev–Trinajstić information content (AvgIpc) is 3.60. The first-order valence-electron chi connectivity index (χ1n) is 14.9. The number of aromatic nitrogens is 1. The largest absolute Gasteiger partial charge is 0.398 e. The Labute approximate surface area is 256 Å². The van der Waals surface area contributed by atoms with E-state index < -0.39 is 0 Å². The highest BCUT2D eigenvalue weighted by atomic mass is 14.6. The summed E-state index contributed by atoms with van der Waals surface area (Å²) in [7, 11) is 0. The lowest BCUT2D eigenvalue weighted by molar-refractivity contribution is 0.990. The SMILES string of the molecule is N=C1C=CC(c2c3c(c(-c4cccc5ccccc45)c4ccccc24)CCC=C3)=CC1=N.Nc1ccccc1-c1cc[nH]c1. The fourth-order valence-corrected chi connectivity index (χ4v) is 6.40. The first kappa shape index (κ1) is 27.1. The van der Waals surface area contributed by atoms with Gasteiger partial charge >= 0.3 is 0 Å². The number of fused-ring (bicyclic) bond motifs is 3. The fraction of sp³-hybridized carbons (Fsp3) is 0.0500. The molecule has 0 spiro atoms. The Hall–Kier alpha value is -5.74. The molecule has 2 aliphatic rings. The highest BCUT2D eigenvalue weighted by Crippen LogP contribution is 2.45. The number of benzene rings is 5. The molecule has 2 aliphatic carbocycles. The monoisotopic (exact) mass is 568 g/mol. The second kappa shape index (κ2) is 11.5. The van der Waals surface area contributed by atoms with Crippen LogP contribution >= 0.6 is 0 Å². The molecule has 212 valence electrons. The Balaban J connectivity index is 0.000000218. The summed E-state index contributed by atoms with van der Waals surface area (Å²) in [5, 5.41) is 21.1. The zero-order valence-electron chi connectivity index (χ0n) is 24.3. The Morgan fingerprint density at radius 3 is 2.11 bits per heavy atom.